The SMILES string of the molecule is Cc1nnc(-c2ccccc2CC(=O)O)nn1. The van der Waals surface area contributed by atoms with Crippen LogP contribution in [0, 0.1) is 6.92 Å². The van der Waals surface area contributed by atoms with E-state index in [9.17, 15) is 4.79 Å². The van der Waals surface area contributed by atoms with Crippen LogP contribution in [0.4, 0.5) is 0 Å². The van der Waals surface area contributed by atoms with Gasteiger partial charge in [0.25, 0.3) is 0 Å². The number of rotatable bonds is 3. The molecule has 0 spiro atoms. The number of aromatic nitrogens is 4. The highest BCUT2D eigenvalue weighted by Crippen LogP contribution is 2.19. The molecule has 0 fully saturated rings. The van der Waals surface area contributed by atoms with Crippen LogP contribution in [0.25, 0.3) is 11.4 Å². The van der Waals surface area contributed by atoms with Crippen molar-refractivity contribution in [2.75, 3.05) is 0 Å². The van der Waals surface area contributed by atoms with E-state index in [0.29, 0.717) is 22.8 Å². The average Bonchev–Trinajstić information content (AvgIpc) is 2.30. The monoisotopic (exact) mass is 230 g/mol. The summed E-state index contributed by atoms with van der Waals surface area (Å²) in [5, 5.41) is 24.2. The quantitative estimate of drug-likeness (QED) is 0.841. The summed E-state index contributed by atoms with van der Waals surface area (Å²) >= 11 is 0. The Hall–Kier alpha value is -2.37. The zero-order valence-corrected chi connectivity index (χ0v) is 9.16. The van der Waals surface area contributed by atoms with E-state index in [1.165, 1.54) is 0 Å². The van der Waals surface area contributed by atoms with Crippen LogP contribution in [-0.2, 0) is 11.2 Å². The molecule has 0 atom stereocenters. The van der Waals surface area contributed by atoms with Crippen LogP contribution in [0.2, 0.25) is 0 Å². The Kier molecular flexibility index (Phi) is 3.04. The number of nitrogens with zero attached hydrogens (tertiary/aromatic N) is 4. The van der Waals surface area contributed by atoms with Crippen molar-refractivity contribution < 1.29 is 9.90 Å². The molecule has 1 aromatic heterocycles. The minimum Gasteiger partial charge on any atom is -0.481 e. The second-order valence-electron chi connectivity index (χ2n) is 3.50. The van der Waals surface area contributed by atoms with Crippen LogP contribution >= 0.6 is 0 Å². The fourth-order valence-corrected chi connectivity index (χ4v) is 1.44. The summed E-state index contributed by atoms with van der Waals surface area (Å²) in [6.45, 7) is 1.69. The maximum absolute atomic E-state index is 10.7. The molecule has 86 valence electrons. The number of aliphatic carboxylic acids is 1. The van der Waals surface area contributed by atoms with Gasteiger partial charge in [0.1, 0.15) is 0 Å². The number of carboxylic acid groups (broad SMARTS) is 1. The summed E-state index contributed by atoms with van der Waals surface area (Å²) in [6.07, 6.45) is -0.0760. The highest BCUT2D eigenvalue weighted by molar-refractivity contribution is 5.74. The van der Waals surface area contributed by atoms with Crippen molar-refractivity contribution in [2.45, 2.75) is 13.3 Å². The molecular weight excluding hydrogens is 220 g/mol. The highest BCUT2D eigenvalue weighted by Gasteiger charge is 2.10. The van der Waals surface area contributed by atoms with Gasteiger partial charge in [-0.05, 0) is 12.5 Å². The minimum absolute atomic E-state index is 0.0760. The maximum atomic E-state index is 10.7. The Labute approximate surface area is 97.4 Å². The highest BCUT2D eigenvalue weighted by atomic mass is 16.4. The van der Waals surface area contributed by atoms with Gasteiger partial charge in [-0.15, -0.1) is 20.4 Å². The first-order valence-electron chi connectivity index (χ1n) is 5.01. The molecule has 2 rings (SSSR count). The van der Waals surface area contributed by atoms with E-state index in [2.05, 4.69) is 20.4 Å². The van der Waals surface area contributed by atoms with Crippen LogP contribution in [0.1, 0.15) is 11.4 Å². The van der Waals surface area contributed by atoms with Crippen molar-refractivity contribution in [2.24, 2.45) is 0 Å². The van der Waals surface area contributed by atoms with E-state index < -0.39 is 5.97 Å². The normalized spacial score (nSPS) is 10.2. The molecule has 0 unspecified atom stereocenters. The molecule has 2 aromatic rings. The third-order valence-electron chi connectivity index (χ3n) is 2.18. The number of carbonyl (C=O) groups is 1. The van der Waals surface area contributed by atoms with Crippen LogP contribution in [0.3, 0.4) is 0 Å². The lowest BCUT2D eigenvalue weighted by Gasteiger charge is -2.04. The molecule has 6 heteroatoms. The third kappa shape index (κ3) is 2.60. The molecule has 0 aliphatic heterocycles. The Balaban J connectivity index is 2.44. The van der Waals surface area contributed by atoms with E-state index in [1.807, 2.05) is 0 Å². The Morgan fingerprint density at radius 2 is 1.82 bits per heavy atom. The molecule has 0 saturated carbocycles. The maximum Gasteiger partial charge on any atom is 0.307 e. The van der Waals surface area contributed by atoms with Gasteiger partial charge >= 0.3 is 5.97 Å². The zero-order chi connectivity index (χ0) is 12.3. The number of benzene rings is 1. The number of carboxylic acids is 1. The summed E-state index contributed by atoms with van der Waals surface area (Å²) in [5.41, 5.74) is 1.29. The summed E-state index contributed by atoms with van der Waals surface area (Å²) in [6, 6.07) is 7.06. The van der Waals surface area contributed by atoms with E-state index in [-0.39, 0.29) is 6.42 Å². The lowest BCUT2D eigenvalue weighted by molar-refractivity contribution is -0.136. The van der Waals surface area contributed by atoms with Crippen molar-refractivity contribution in [3.05, 3.63) is 35.7 Å². The first kappa shape index (κ1) is 11.1. The summed E-state index contributed by atoms with van der Waals surface area (Å²) < 4.78 is 0. The molecule has 0 radical (unpaired) electrons. The number of aryl methyl sites for hydroxylation is 1. The molecular formula is C11H10N4O2. The standard InChI is InChI=1S/C11H10N4O2/c1-7-12-14-11(15-13-7)9-5-3-2-4-8(9)6-10(16)17/h2-5H,6H2,1H3,(H,16,17). The first-order valence-corrected chi connectivity index (χ1v) is 5.01. The predicted molar refractivity (Wildman–Crippen MR) is 59.1 cm³/mol. The molecule has 6 nitrogen and oxygen atoms in total. The molecule has 1 aromatic carbocycles. The summed E-state index contributed by atoms with van der Waals surface area (Å²) in [4.78, 5) is 10.7. The Morgan fingerprint density at radius 1 is 1.18 bits per heavy atom. The van der Waals surface area contributed by atoms with Crippen molar-refractivity contribution in [1.29, 1.82) is 0 Å². The van der Waals surface area contributed by atoms with Gasteiger partial charge in [-0.1, -0.05) is 24.3 Å². The van der Waals surface area contributed by atoms with E-state index in [4.69, 9.17) is 5.11 Å². The fraction of sp³-hybridized carbons (Fsp3) is 0.182. The van der Waals surface area contributed by atoms with Gasteiger partial charge < -0.3 is 5.11 Å². The molecule has 1 heterocycles. The van der Waals surface area contributed by atoms with Gasteiger partial charge in [0.05, 0.1) is 6.42 Å². The fourth-order valence-electron chi connectivity index (χ4n) is 1.44. The van der Waals surface area contributed by atoms with Crippen molar-refractivity contribution in [3.63, 3.8) is 0 Å². The van der Waals surface area contributed by atoms with Gasteiger partial charge in [-0.3, -0.25) is 4.79 Å². The zero-order valence-electron chi connectivity index (χ0n) is 9.16. The van der Waals surface area contributed by atoms with E-state index >= 15 is 0 Å². The van der Waals surface area contributed by atoms with Gasteiger partial charge in [0, 0.05) is 5.56 Å². The van der Waals surface area contributed by atoms with Gasteiger partial charge in [0.2, 0.25) is 5.82 Å². The average molecular weight is 230 g/mol. The van der Waals surface area contributed by atoms with Crippen LogP contribution < -0.4 is 0 Å². The minimum atomic E-state index is -0.898. The van der Waals surface area contributed by atoms with E-state index in [1.54, 1.807) is 31.2 Å². The van der Waals surface area contributed by atoms with Crippen LogP contribution in [-0.4, -0.2) is 31.5 Å². The predicted octanol–water partition coefficient (Wildman–Crippen LogP) is 0.869. The molecule has 1 N–H and O–H groups in total. The van der Waals surface area contributed by atoms with Crippen molar-refractivity contribution in [3.8, 4) is 11.4 Å². The van der Waals surface area contributed by atoms with Gasteiger partial charge in [-0.25, -0.2) is 0 Å². The lowest BCUT2D eigenvalue weighted by atomic mass is 10.0. The Bertz CT molecular complexity index is 539. The molecule has 17 heavy (non-hydrogen) atoms. The second-order valence-corrected chi connectivity index (χ2v) is 3.50. The summed E-state index contributed by atoms with van der Waals surface area (Å²) in [7, 11) is 0. The van der Waals surface area contributed by atoms with Gasteiger partial charge in [-0.2, -0.15) is 0 Å². The summed E-state index contributed by atoms with van der Waals surface area (Å²) in [5.74, 6) is -0.0811. The molecule has 0 saturated heterocycles. The van der Waals surface area contributed by atoms with Crippen LogP contribution in [0.15, 0.2) is 24.3 Å². The third-order valence-corrected chi connectivity index (χ3v) is 2.18. The smallest absolute Gasteiger partial charge is 0.307 e. The van der Waals surface area contributed by atoms with Crippen LogP contribution in [0.5, 0.6) is 0 Å². The van der Waals surface area contributed by atoms with Crippen molar-refractivity contribution in [1.82, 2.24) is 20.4 Å². The molecule has 0 amide bonds. The van der Waals surface area contributed by atoms with Crippen molar-refractivity contribution >= 4 is 5.97 Å². The van der Waals surface area contributed by atoms with Gasteiger partial charge in [0.15, 0.2) is 5.82 Å². The largest absolute Gasteiger partial charge is 0.481 e. The Morgan fingerprint density at radius 3 is 2.47 bits per heavy atom. The second kappa shape index (κ2) is 4.65. The molecule has 0 bridgehead atoms. The number of hydrogen-bond donors (Lipinski definition) is 1. The number of hydrogen-bond acceptors (Lipinski definition) is 5. The van der Waals surface area contributed by atoms with E-state index in [0.717, 1.165) is 0 Å². The lowest BCUT2D eigenvalue weighted by Crippen LogP contribution is -2.04. The molecule has 0 aliphatic rings. The first-order chi connectivity index (χ1) is 8.16. The topological polar surface area (TPSA) is 88.9 Å². The molecule has 0 aliphatic carbocycles.